The molecule has 0 aliphatic heterocycles. The molecule has 2 aromatic carbocycles. The topological polar surface area (TPSA) is 20.9 Å². The number of pyridine rings is 1. The van der Waals surface area contributed by atoms with Gasteiger partial charge < -0.3 is 4.42 Å². The minimum Gasteiger partial charge on any atom is -0.401 e. The van der Waals surface area contributed by atoms with E-state index in [0.717, 1.165) is 36.3 Å². The van der Waals surface area contributed by atoms with Gasteiger partial charge in [0, 0.05) is 23.6 Å². The van der Waals surface area contributed by atoms with E-state index >= 15 is 0 Å². The quantitative estimate of drug-likeness (QED) is 0.528. The Bertz CT molecular complexity index is 1020. The zero-order valence-electron chi connectivity index (χ0n) is 14.2. The number of oxazole rings is 1. The summed E-state index contributed by atoms with van der Waals surface area (Å²) in [6.07, 6.45) is 5.23. The third-order valence-electron chi connectivity index (χ3n) is 4.79. The van der Waals surface area contributed by atoms with E-state index in [2.05, 4.69) is 71.9 Å². The van der Waals surface area contributed by atoms with E-state index in [0.29, 0.717) is 0 Å². The Kier molecular flexibility index (Phi) is 3.77. The fraction of sp³-hybridized carbons (Fsp3) is 0.238. The molecule has 4 rings (SSSR count). The van der Waals surface area contributed by atoms with E-state index in [9.17, 15) is 0 Å². The number of fused-ring (bicyclic) bond motifs is 2. The predicted octanol–water partition coefficient (Wildman–Crippen LogP) is 3.41. The van der Waals surface area contributed by atoms with Crippen LogP contribution < -0.4 is 9.13 Å². The van der Waals surface area contributed by atoms with Crippen LogP contribution in [0.5, 0.6) is 0 Å². The van der Waals surface area contributed by atoms with Crippen molar-refractivity contribution in [1.29, 1.82) is 0 Å². The van der Waals surface area contributed by atoms with E-state index in [1.165, 1.54) is 16.5 Å². The normalized spacial score (nSPS) is 11.4. The van der Waals surface area contributed by atoms with Crippen molar-refractivity contribution < 1.29 is 13.6 Å². The highest BCUT2D eigenvalue weighted by molar-refractivity contribution is 5.79. The summed E-state index contributed by atoms with van der Waals surface area (Å²) >= 11 is 0. The van der Waals surface area contributed by atoms with Crippen LogP contribution in [0.2, 0.25) is 0 Å². The molecule has 0 N–H and O–H groups in total. The summed E-state index contributed by atoms with van der Waals surface area (Å²) in [4.78, 5) is 0. The molecule has 0 unspecified atom stereocenters. The Morgan fingerprint density at radius 2 is 1.58 bits per heavy atom. The number of aryl methyl sites for hydroxylation is 4. The smallest absolute Gasteiger partial charge is 0.347 e. The first-order chi connectivity index (χ1) is 11.7. The molecule has 3 heteroatoms. The van der Waals surface area contributed by atoms with Crippen molar-refractivity contribution in [3.63, 3.8) is 0 Å². The standard InChI is InChI=1S/C21H22N2O/c1-22-15-14-16(17-9-3-4-10-18(17)22)8-7-13-21-23(2)19-11-5-6-12-20(19)24-21/h3-6,9-12,14-15H,7-8,13H2,1-2H3/q+2. The number of nitrogens with zero attached hydrogens (tertiary/aromatic N) is 2. The molecule has 0 aliphatic carbocycles. The Morgan fingerprint density at radius 3 is 2.42 bits per heavy atom. The third kappa shape index (κ3) is 2.56. The average molecular weight is 318 g/mol. The summed E-state index contributed by atoms with van der Waals surface area (Å²) in [6.45, 7) is 0. The highest BCUT2D eigenvalue weighted by Crippen LogP contribution is 2.18. The van der Waals surface area contributed by atoms with Gasteiger partial charge in [0.2, 0.25) is 11.1 Å². The fourth-order valence-corrected chi connectivity index (χ4v) is 3.44. The van der Waals surface area contributed by atoms with Crippen LogP contribution in [-0.2, 0) is 26.9 Å². The van der Waals surface area contributed by atoms with Crippen LogP contribution in [0.4, 0.5) is 0 Å². The predicted molar refractivity (Wildman–Crippen MR) is 94.5 cm³/mol. The first-order valence-corrected chi connectivity index (χ1v) is 8.47. The van der Waals surface area contributed by atoms with Crippen LogP contribution in [0.3, 0.4) is 0 Å². The van der Waals surface area contributed by atoms with Gasteiger partial charge in [0.1, 0.15) is 14.1 Å². The van der Waals surface area contributed by atoms with E-state index in [1.807, 2.05) is 12.1 Å². The summed E-state index contributed by atoms with van der Waals surface area (Å²) < 4.78 is 10.3. The van der Waals surface area contributed by atoms with Gasteiger partial charge in [-0.05, 0) is 30.5 Å². The minimum absolute atomic E-state index is 0.945. The molecule has 0 atom stereocenters. The molecule has 0 bridgehead atoms. The summed E-state index contributed by atoms with van der Waals surface area (Å²) in [5.41, 5.74) is 4.81. The number of rotatable bonds is 4. The molecule has 24 heavy (non-hydrogen) atoms. The van der Waals surface area contributed by atoms with Crippen molar-refractivity contribution in [3.05, 3.63) is 72.2 Å². The monoisotopic (exact) mass is 318 g/mol. The van der Waals surface area contributed by atoms with Crippen molar-refractivity contribution in [1.82, 2.24) is 0 Å². The van der Waals surface area contributed by atoms with Crippen LogP contribution in [0.1, 0.15) is 17.9 Å². The zero-order valence-corrected chi connectivity index (χ0v) is 14.2. The Morgan fingerprint density at radius 1 is 0.833 bits per heavy atom. The van der Waals surface area contributed by atoms with Crippen LogP contribution in [0, 0.1) is 0 Å². The Hall–Kier alpha value is -2.68. The fourth-order valence-electron chi connectivity index (χ4n) is 3.44. The lowest BCUT2D eigenvalue weighted by molar-refractivity contribution is -0.658. The number of para-hydroxylation sites is 3. The number of hydrogen-bond donors (Lipinski definition) is 0. The third-order valence-corrected chi connectivity index (χ3v) is 4.79. The Balaban J connectivity index is 1.55. The van der Waals surface area contributed by atoms with Gasteiger partial charge in [-0.25, -0.2) is 4.57 Å². The van der Waals surface area contributed by atoms with Gasteiger partial charge in [0.15, 0.2) is 6.20 Å². The van der Waals surface area contributed by atoms with E-state index < -0.39 is 0 Å². The molecule has 2 aromatic heterocycles. The summed E-state index contributed by atoms with van der Waals surface area (Å²) in [5, 5.41) is 1.34. The van der Waals surface area contributed by atoms with Gasteiger partial charge in [0.05, 0.1) is 6.42 Å². The highest BCUT2D eigenvalue weighted by atomic mass is 16.4. The van der Waals surface area contributed by atoms with Crippen molar-refractivity contribution in [2.75, 3.05) is 0 Å². The lowest BCUT2D eigenvalue weighted by atomic mass is 10.0. The first kappa shape index (κ1) is 14.9. The zero-order chi connectivity index (χ0) is 16.5. The molecule has 0 aliphatic rings. The summed E-state index contributed by atoms with van der Waals surface area (Å²) in [7, 11) is 4.18. The van der Waals surface area contributed by atoms with Gasteiger partial charge in [-0.2, -0.15) is 4.57 Å². The van der Waals surface area contributed by atoms with Crippen molar-refractivity contribution >= 4 is 22.0 Å². The molecule has 0 radical (unpaired) electrons. The van der Waals surface area contributed by atoms with Crippen LogP contribution in [0.15, 0.2) is 65.2 Å². The van der Waals surface area contributed by atoms with Gasteiger partial charge in [-0.3, -0.25) is 0 Å². The molecule has 4 aromatic rings. The summed E-state index contributed by atoms with van der Waals surface area (Å²) in [5.74, 6) is 1.04. The maximum atomic E-state index is 6.00. The van der Waals surface area contributed by atoms with Gasteiger partial charge in [-0.1, -0.05) is 24.3 Å². The molecular weight excluding hydrogens is 296 g/mol. The Labute approximate surface area is 141 Å². The first-order valence-electron chi connectivity index (χ1n) is 8.47. The van der Waals surface area contributed by atoms with Crippen LogP contribution >= 0.6 is 0 Å². The maximum Gasteiger partial charge on any atom is 0.347 e. The van der Waals surface area contributed by atoms with Gasteiger partial charge in [-0.15, -0.1) is 0 Å². The lowest BCUT2D eigenvalue weighted by Gasteiger charge is -2.04. The van der Waals surface area contributed by atoms with E-state index in [1.54, 1.807) is 0 Å². The van der Waals surface area contributed by atoms with E-state index in [-0.39, 0.29) is 0 Å². The van der Waals surface area contributed by atoms with Crippen LogP contribution in [0.25, 0.3) is 22.0 Å². The second-order valence-corrected chi connectivity index (χ2v) is 6.35. The molecule has 2 heterocycles. The molecular formula is C21H22N2O+2. The molecule has 3 nitrogen and oxygen atoms in total. The molecule has 0 fully saturated rings. The van der Waals surface area contributed by atoms with Gasteiger partial charge >= 0.3 is 5.89 Å². The van der Waals surface area contributed by atoms with E-state index in [4.69, 9.17) is 4.42 Å². The SMILES string of the molecule is C[n+]1ccc(CCCc2oc3ccccc3[n+]2C)c2ccccc21. The molecule has 0 saturated heterocycles. The highest BCUT2D eigenvalue weighted by Gasteiger charge is 2.18. The van der Waals surface area contributed by atoms with Crippen molar-refractivity contribution in [2.24, 2.45) is 14.1 Å². The van der Waals surface area contributed by atoms with Crippen LogP contribution in [-0.4, -0.2) is 0 Å². The number of hydrogen-bond acceptors (Lipinski definition) is 1. The molecule has 120 valence electrons. The molecule has 0 saturated carbocycles. The summed E-state index contributed by atoms with van der Waals surface area (Å²) in [6, 6.07) is 19.1. The van der Waals surface area contributed by atoms with Crippen molar-refractivity contribution in [3.8, 4) is 0 Å². The second kappa shape index (κ2) is 6.08. The minimum atomic E-state index is 0.945. The number of benzene rings is 2. The average Bonchev–Trinajstić information content (AvgIpc) is 2.94. The maximum absolute atomic E-state index is 6.00. The van der Waals surface area contributed by atoms with Gasteiger partial charge in [0.25, 0.3) is 5.52 Å². The van der Waals surface area contributed by atoms with Crippen molar-refractivity contribution in [2.45, 2.75) is 19.3 Å². The lowest BCUT2D eigenvalue weighted by Crippen LogP contribution is -2.31. The second-order valence-electron chi connectivity index (χ2n) is 6.35. The largest absolute Gasteiger partial charge is 0.401 e. The molecule has 0 amide bonds. The molecule has 0 spiro atoms. The number of aromatic nitrogens is 2.